The number of imidazole rings is 1. The first-order valence-electron chi connectivity index (χ1n) is 9.62. The van der Waals surface area contributed by atoms with Crippen molar-refractivity contribution < 1.29 is 4.79 Å². The Kier molecular flexibility index (Phi) is 6.51. The lowest BCUT2D eigenvalue weighted by molar-refractivity contribution is -0.124. The summed E-state index contributed by atoms with van der Waals surface area (Å²) in [4.78, 5) is 17.8. The number of rotatable bonds is 8. The molecule has 0 fully saturated rings. The van der Waals surface area contributed by atoms with Crippen LogP contribution < -0.4 is 5.32 Å². The van der Waals surface area contributed by atoms with E-state index in [2.05, 4.69) is 23.7 Å². The molecular formula is C22H26ClN3O. The number of aromatic nitrogens is 2. The van der Waals surface area contributed by atoms with Gasteiger partial charge in [-0.2, -0.15) is 0 Å². The lowest BCUT2D eigenvalue weighted by Crippen LogP contribution is -2.33. The molecule has 0 aliphatic heterocycles. The van der Waals surface area contributed by atoms with Crippen LogP contribution in [0.5, 0.6) is 0 Å². The van der Waals surface area contributed by atoms with Crippen LogP contribution in [0.1, 0.15) is 50.5 Å². The smallest absolute Gasteiger partial charge is 0.243 e. The molecule has 0 saturated heterocycles. The average molecular weight is 384 g/mol. The Morgan fingerprint density at radius 1 is 1.11 bits per heavy atom. The van der Waals surface area contributed by atoms with Crippen LogP contribution in [-0.2, 0) is 11.2 Å². The fourth-order valence-electron chi connectivity index (χ4n) is 3.40. The fraction of sp³-hybridized carbons (Fsp3) is 0.364. The van der Waals surface area contributed by atoms with Gasteiger partial charge in [0.05, 0.1) is 11.0 Å². The quantitative estimate of drug-likeness (QED) is 0.584. The number of nitrogens with zero attached hydrogens (tertiary/aromatic N) is 2. The first-order chi connectivity index (χ1) is 13.2. The van der Waals surface area contributed by atoms with Crippen molar-refractivity contribution in [3.8, 4) is 0 Å². The normalized spacial score (nSPS) is 12.3. The van der Waals surface area contributed by atoms with Crippen LogP contribution in [0, 0.1) is 0 Å². The molecule has 1 N–H and O–H groups in total. The van der Waals surface area contributed by atoms with E-state index in [9.17, 15) is 4.79 Å². The highest BCUT2D eigenvalue weighted by Gasteiger charge is 2.25. The minimum absolute atomic E-state index is 0.0576. The maximum absolute atomic E-state index is 12.9. The summed E-state index contributed by atoms with van der Waals surface area (Å²) in [5.41, 5.74) is 2.91. The molecule has 142 valence electrons. The molecule has 0 radical (unpaired) electrons. The number of halogens is 1. The maximum atomic E-state index is 12.9. The first kappa shape index (κ1) is 19.4. The summed E-state index contributed by atoms with van der Waals surface area (Å²) in [5, 5.41) is 3.78. The van der Waals surface area contributed by atoms with Crippen LogP contribution in [0.15, 0.2) is 48.5 Å². The van der Waals surface area contributed by atoms with Crippen LogP contribution in [0.3, 0.4) is 0 Å². The average Bonchev–Trinajstić information content (AvgIpc) is 3.03. The van der Waals surface area contributed by atoms with E-state index in [1.807, 2.05) is 48.5 Å². The molecule has 1 atom stereocenters. The van der Waals surface area contributed by atoms with Gasteiger partial charge in [-0.15, -0.1) is 0 Å². The standard InChI is InChI=1S/C22H26ClN3O/c1-3-9-20(22(27)24-14-4-2)26-19-13-8-7-12-18(19)25-21(26)15-16-10-5-6-11-17(16)23/h5-8,10-13,20H,3-4,9,14-15H2,1-2H3,(H,24,27)/t20-/m1/s1. The summed E-state index contributed by atoms with van der Waals surface area (Å²) >= 11 is 6.38. The molecule has 0 unspecified atom stereocenters. The lowest BCUT2D eigenvalue weighted by Gasteiger charge is -2.21. The van der Waals surface area contributed by atoms with E-state index in [4.69, 9.17) is 16.6 Å². The number of hydrogen-bond donors (Lipinski definition) is 1. The zero-order valence-corrected chi connectivity index (χ0v) is 16.7. The second kappa shape index (κ2) is 9.05. The summed E-state index contributed by atoms with van der Waals surface area (Å²) in [7, 11) is 0. The van der Waals surface area contributed by atoms with Crippen molar-refractivity contribution in [2.24, 2.45) is 0 Å². The Bertz CT molecular complexity index is 919. The van der Waals surface area contributed by atoms with Gasteiger partial charge in [-0.1, -0.05) is 62.2 Å². The van der Waals surface area contributed by atoms with Gasteiger partial charge in [0.15, 0.2) is 0 Å². The zero-order chi connectivity index (χ0) is 19.2. The van der Waals surface area contributed by atoms with E-state index >= 15 is 0 Å². The fourth-order valence-corrected chi connectivity index (χ4v) is 3.60. The molecule has 1 aromatic heterocycles. The molecule has 5 heteroatoms. The Balaban J connectivity index is 2.08. The summed E-state index contributed by atoms with van der Waals surface area (Å²) in [6.07, 6.45) is 3.20. The molecule has 3 aromatic rings. The van der Waals surface area contributed by atoms with Crippen LogP contribution >= 0.6 is 11.6 Å². The Morgan fingerprint density at radius 2 is 1.85 bits per heavy atom. The molecule has 3 rings (SSSR count). The highest BCUT2D eigenvalue weighted by Crippen LogP contribution is 2.27. The van der Waals surface area contributed by atoms with E-state index in [0.29, 0.717) is 13.0 Å². The molecule has 1 heterocycles. The van der Waals surface area contributed by atoms with Gasteiger partial charge in [0.2, 0.25) is 5.91 Å². The van der Waals surface area contributed by atoms with E-state index in [-0.39, 0.29) is 11.9 Å². The van der Waals surface area contributed by atoms with Gasteiger partial charge < -0.3 is 9.88 Å². The van der Waals surface area contributed by atoms with Crippen LogP contribution in [0.25, 0.3) is 11.0 Å². The molecule has 0 saturated carbocycles. The minimum Gasteiger partial charge on any atom is -0.354 e. The van der Waals surface area contributed by atoms with Crippen LogP contribution in [0.4, 0.5) is 0 Å². The number of fused-ring (bicyclic) bond motifs is 1. The highest BCUT2D eigenvalue weighted by atomic mass is 35.5. The van der Waals surface area contributed by atoms with Gasteiger partial charge in [-0.05, 0) is 36.6 Å². The molecule has 0 aliphatic carbocycles. The van der Waals surface area contributed by atoms with Crippen molar-refractivity contribution in [3.63, 3.8) is 0 Å². The van der Waals surface area contributed by atoms with Gasteiger partial charge in [-0.25, -0.2) is 4.98 Å². The predicted molar refractivity (Wildman–Crippen MR) is 111 cm³/mol. The second-order valence-corrected chi connectivity index (χ2v) is 7.16. The summed E-state index contributed by atoms with van der Waals surface area (Å²) in [5.74, 6) is 0.927. The molecule has 4 nitrogen and oxygen atoms in total. The molecule has 0 spiro atoms. The van der Waals surface area contributed by atoms with Crippen molar-refractivity contribution in [3.05, 3.63) is 64.9 Å². The van der Waals surface area contributed by atoms with Gasteiger partial charge in [0.25, 0.3) is 0 Å². The number of nitrogens with one attached hydrogen (secondary N) is 1. The number of carbonyl (C=O) groups excluding carboxylic acids is 1. The SMILES string of the molecule is CCCNC(=O)[C@@H](CCC)n1c(Cc2ccccc2Cl)nc2ccccc21. The van der Waals surface area contributed by atoms with Crippen molar-refractivity contribution >= 4 is 28.5 Å². The molecule has 27 heavy (non-hydrogen) atoms. The minimum atomic E-state index is -0.272. The van der Waals surface area contributed by atoms with Gasteiger partial charge in [0, 0.05) is 18.0 Å². The molecule has 1 amide bonds. The summed E-state index contributed by atoms with van der Waals surface area (Å²) < 4.78 is 2.10. The number of amides is 1. The molecule has 0 bridgehead atoms. The zero-order valence-electron chi connectivity index (χ0n) is 15.9. The lowest BCUT2D eigenvalue weighted by atomic mass is 10.1. The second-order valence-electron chi connectivity index (χ2n) is 6.75. The first-order valence-corrected chi connectivity index (χ1v) is 10.0. The van der Waals surface area contributed by atoms with E-state index in [1.54, 1.807) is 0 Å². The van der Waals surface area contributed by atoms with E-state index < -0.39 is 0 Å². The van der Waals surface area contributed by atoms with Crippen molar-refractivity contribution in [1.29, 1.82) is 0 Å². The van der Waals surface area contributed by atoms with Crippen molar-refractivity contribution in [2.45, 2.75) is 45.6 Å². The third kappa shape index (κ3) is 4.33. The number of para-hydroxylation sites is 2. The number of carbonyl (C=O) groups is 1. The monoisotopic (exact) mass is 383 g/mol. The van der Waals surface area contributed by atoms with E-state index in [0.717, 1.165) is 46.7 Å². The Hall–Kier alpha value is -2.33. The van der Waals surface area contributed by atoms with Crippen molar-refractivity contribution in [1.82, 2.24) is 14.9 Å². The topological polar surface area (TPSA) is 46.9 Å². The number of benzene rings is 2. The van der Waals surface area contributed by atoms with E-state index in [1.165, 1.54) is 0 Å². The largest absolute Gasteiger partial charge is 0.354 e. The summed E-state index contributed by atoms with van der Waals surface area (Å²) in [6, 6.07) is 15.5. The molecule has 0 aliphatic rings. The van der Waals surface area contributed by atoms with Crippen LogP contribution in [0.2, 0.25) is 5.02 Å². The van der Waals surface area contributed by atoms with Crippen LogP contribution in [-0.4, -0.2) is 22.0 Å². The predicted octanol–water partition coefficient (Wildman–Crippen LogP) is 5.15. The van der Waals surface area contributed by atoms with Gasteiger partial charge >= 0.3 is 0 Å². The maximum Gasteiger partial charge on any atom is 0.243 e. The van der Waals surface area contributed by atoms with Gasteiger partial charge in [0.1, 0.15) is 11.9 Å². The third-order valence-electron chi connectivity index (χ3n) is 4.70. The third-order valence-corrected chi connectivity index (χ3v) is 5.07. The summed E-state index contributed by atoms with van der Waals surface area (Å²) in [6.45, 7) is 4.85. The number of hydrogen-bond acceptors (Lipinski definition) is 2. The molecule has 2 aromatic carbocycles. The van der Waals surface area contributed by atoms with Crippen molar-refractivity contribution in [2.75, 3.05) is 6.54 Å². The Morgan fingerprint density at radius 3 is 2.59 bits per heavy atom. The van der Waals surface area contributed by atoms with Gasteiger partial charge in [-0.3, -0.25) is 4.79 Å². The molecular weight excluding hydrogens is 358 g/mol. The highest BCUT2D eigenvalue weighted by molar-refractivity contribution is 6.31. The Labute approximate surface area is 165 Å².